The van der Waals surface area contributed by atoms with Crippen LogP contribution in [0.2, 0.25) is 0 Å². The fraction of sp³-hybridized carbons (Fsp3) is 0.250. The molecule has 0 saturated carbocycles. The summed E-state index contributed by atoms with van der Waals surface area (Å²) in [6, 6.07) is 8.83. The zero-order valence-corrected chi connectivity index (χ0v) is 5.62. The van der Waals surface area contributed by atoms with E-state index in [9.17, 15) is 0 Å². The second-order valence-electron chi connectivity index (χ2n) is 2.15. The highest BCUT2D eigenvalue weighted by Gasteiger charge is 2.01. The van der Waals surface area contributed by atoms with Gasteiger partial charge in [-0.05, 0) is 5.56 Å². The van der Waals surface area contributed by atoms with Gasteiger partial charge >= 0.3 is 0 Å². The van der Waals surface area contributed by atoms with Crippen LogP contribution in [0.25, 0.3) is 0 Å². The van der Waals surface area contributed by atoms with Crippen LogP contribution < -0.4 is 5.73 Å². The van der Waals surface area contributed by atoms with Gasteiger partial charge in [0, 0.05) is 0 Å². The van der Waals surface area contributed by atoms with E-state index in [2.05, 4.69) is 0 Å². The molecule has 1 atom stereocenters. The molecule has 1 aromatic carbocycles. The predicted octanol–water partition coefficient (Wildman–Crippen LogP) is 1.00. The van der Waals surface area contributed by atoms with E-state index in [-0.39, 0.29) is 6.61 Å². The van der Waals surface area contributed by atoms with Crippen LogP contribution in [-0.2, 0) is 0 Å². The molecule has 2 heteroatoms. The second-order valence-corrected chi connectivity index (χ2v) is 2.15. The van der Waals surface area contributed by atoms with Gasteiger partial charge in [0.15, 0.2) is 0 Å². The Labute approximate surface area is 60.3 Å². The van der Waals surface area contributed by atoms with Crippen molar-refractivity contribution in [2.75, 3.05) is 6.61 Å². The van der Waals surface area contributed by atoms with Gasteiger partial charge in [0.05, 0.1) is 12.6 Å². The van der Waals surface area contributed by atoms with Gasteiger partial charge in [-0.1, -0.05) is 30.3 Å². The Kier molecular flexibility index (Phi) is 2.42. The Morgan fingerprint density at radius 3 is 2.40 bits per heavy atom. The van der Waals surface area contributed by atoms with Crippen LogP contribution in [0.15, 0.2) is 30.3 Å². The molecule has 0 unspecified atom stereocenters. The van der Waals surface area contributed by atoms with Crippen LogP contribution in [0.3, 0.4) is 0 Å². The van der Waals surface area contributed by atoms with E-state index >= 15 is 0 Å². The van der Waals surface area contributed by atoms with Crippen molar-refractivity contribution >= 4 is 0 Å². The van der Waals surface area contributed by atoms with E-state index in [4.69, 9.17) is 10.8 Å². The van der Waals surface area contributed by atoms with Gasteiger partial charge in [-0.15, -0.1) is 0 Å². The first-order chi connectivity index (χ1) is 4.84. The molecule has 0 spiro atoms. The third-order valence-electron chi connectivity index (χ3n) is 1.38. The van der Waals surface area contributed by atoms with Crippen LogP contribution in [0.1, 0.15) is 11.6 Å². The van der Waals surface area contributed by atoms with E-state index in [0.29, 0.717) is 0 Å². The molecule has 0 bridgehead atoms. The minimum Gasteiger partial charge on any atom is -0.394 e. The topological polar surface area (TPSA) is 44.0 Å². The van der Waals surface area contributed by atoms with Crippen LogP contribution in [0.5, 0.6) is 0 Å². The maximum absolute atomic E-state index is 8.60. The maximum atomic E-state index is 8.60. The van der Waals surface area contributed by atoms with E-state index < -0.39 is 6.04 Å². The molecule has 2 nitrogen and oxygen atoms in total. The molecule has 0 heterocycles. The lowest BCUT2D eigenvalue weighted by atomic mass is 10.1. The van der Waals surface area contributed by atoms with Crippen molar-refractivity contribution in [2.24, 2.45) is 0 Å². The zero-order chi connectivity index (χ0) is 7.40. The molecule has 0 aliphatic carbocycles. The normalized spacial score (nSPS) is 13.0. The molecule has 0 aliphatic rings. The number of rotatable bonds is 2. The van der Waals surface area contributed by atoms with Gasteiger partial charge in [0.2, 0.25) is 0 Å². The van der Waals surface area contributed by atoms with Gasteiger partial charge in [-0.25, -0.2) is 5.73 Å². The third kappa shape index (κ3) is 1.56. The number of nitrogens with one attached hydrogen (secondary N) is 1. The van der Waals surface area contributed by atoms with E-state index in [1.165, 1.54) is 0 Å². The number of aliphatic hydroxyl groups excluding tert-OH is 1. The smallest absolute Gasteiger partial charge is 0.0693 e. The molecule has 53 valence electrons. The van der Waals surface area contributed by atoms with Crippen molar-refractivity contribution in [3.8, 4) is 0 Å². The third-order valence-corrected chi connectivity index (χ3v) is 1.38. The molecule has 0 amide bonds. The quantitative estimate of drug-likeness (QED) is 0.647. The van der Waals surface area contributed by atoms with Gasteiger partial charge in [0.1, 0.15) is 0 Å². The average molecular weight is 136 g/mol. The van der Waals surface area contributed by atoms with Crippen LogP contribution in [0.4, 0.5) is 0 Å². The molecule has 1 radical (unpaired) electrons. The number of aliphatic hydroxyl groups is 1. The highest BCUT2D eigenvalue weighted by atomic mass is 16.3. The summed E-state index contributed by atoms with van der Waals surface area (Å²) in [5.41, 5.74) is 8.18. The summed E-state index contributed by atoms with van der Waals surface area (Å²) in [6.07, 6.45) is 0. The Morgan fingerprint density at radius 2 is 1.90 bits per heavy atom. The van der Waals surface area contributed by atoms with Crippen molar-refractivity contribution < 1.29 is 5.11 Å². The molecule has 0 fully saturated rings. The molecular weight excluding hydrogens is 126 g/mol. The highest BCUT2D eigenvalue weighted by Crippen LogP contribution is 2.08. The Morgan fingerprint density at radius 1 is 1.30 bits per heavy atom. The summed E-state index contributed by atoms with van der Waals surface area (Å²) in [5, 5.41) is 8.60. The van der Waals surface area contributed by atoms with Gasteiger partial charge in [-0.3, -0.25) is 0 Å². The molecule has 0 aliphatic heterocycles. The Hall–Kier alpha value is -0.860. The summed E-state index contributed by atoms with van der Waals surface area (Å²) in [4.78, 5) is 0. The summed E-state index contributed by atoms with van der Waals surface area (Å²) in [7, 11) is 0. The van der Waals surface area contributed by atoms with Gasteiger partial charge in [-0.2, -0.15) is 0 Å². The average Bonchev–Trinajstić information content (AvgIpc) is 2.05. The lowest BCUT2D eigenvalue weighted by molar-refractivity contribution is 0.264. The summed E-state index contributed by atoms with van der Waals surface area (Å²) in [5.74, 6) is 0. The zero-order valence-electron chi connectivity index (χ0n) is 5.62. The van der Waals surface area contributed by atoms with Crippen molar-refractivity contribution in [1.82, 2.24) is 5.73 Å². The summed E-state index contributed by atoms with van der Waals surface area (Å²) >= 11 is 0. The minimum atomic E-state index is -0.485. The lowest BCUT2D eigenvalue weighted by Crippen LogP contribution is -2.03. The SMILES string of the molecule is [NH][C@@H](CO)c1ccccc1. The predicted molar refractivity (Wildman–Crippen MR) is 39.4 cm³/mol. The van der Waals surface area contributed by atoms with Crippen molar-refractivity contribution in [2.45, 2.75) is 6.04 Å². The van der Waals surface area contributed by atoms with Crippen LogP contribution >= 0.6 is 0 Å². The highest BCUT2D eigenvalue weighted by molar-refractivity contribution is 5.17. The molecular formula is C8H10NO. The molecule has 1 rings (SSSR count). The van der Waals surface area contributed by atoms with Crippen molar-refractivity contribution in [1.29, 1.82) is 0 Å². The van der Waals surface area contributed by atoms with Crippen molar-refractivity contribution in [3.63, 3.8) is 0 Å². The van der Waals surface area contributed by atoms with E-state index in [0.717, 1.165) is 5.56 Å². The van der Waals surface area contributed by atoms with Crippen molar-refractivity contribution in [3.05, 3.63) is 35.9 Å². The molecule has 0 aromatic heterocycles. The van der Waals surface area contributed by atoms with Gasteiger partial charge in [0.25, 0.3) is 0 Å². The number of benzene rings is 1. The Balaban J connectivity index is 2.75. The first-order valence-electron chi connectivity index (χ1n) is 3.21. The maximum Gasteiger partial charge on any atom is 0.0693 e. The summed E-state index contributed by atoms with van der Waals surface area (Å²) < 4.78 is 0. The lowest BCUT2D eigenvalue weighted by Gasteiger charge is -2.04. The molecule has 1 aromatic rings. The molecule has 2 N–H and O–H groups in total. The van der Waals surface area contributed by atoms with E-state index in [1.54, 1.807) is 0 Å². The molecule has 10 heavy (non-hydrogen) atoms. The van der Waals surface area contributed by atoms with E-state index in [1.807, 2.05) is 30.3 Å². The number of hydrogen-bond acceptors (Lipinski definition) is 1. The first-order valence-corrected chi connectivity index (χ1v) is 3.21. The second kappa shape index (κ2) is 3.34. The molecule has 0 saturated heterocycles. The van der Waals surface area contributed by atoms with Crippen LogP contribution in [-0.4, -0.2) is 11.7 Å². The fourth-order valence-electron chi connectivity index (χ4n) is 0.791. The Bertz CT molecular complexity index is 186. The summed E-state index contributed by atoms with van der Waals surface area (Å²) in [6.45, 7) is -0.107. The first kappa shape index (κ1) is 7.25. The minimum absolute atomic E-state index is 0.107. The largest absolute Gasteiger partial charge is 0.394 e. The van der Waals surface area contributed by atoms with Gasteiger partial charge < -0.3 is 5.11 Å². The van der Waals surface area contributed by atoms with Crippen LogP contribution in [0, 0.1) is 0 Å². The number of hydrogen-bond donors (Lipinski definition) is 1. The monoisotopic (exact) mass is 136 g/mol. The fourth-order valence-corrected chi connectivity index (χ4v) is 0.791. The standard InChI is InChI=1S/C8H10NO/c9-8(6-10)7-4-2-1-3-5-7/h1-5,8-10H,6H2/t8-/m0/s1.